The molecule has 3 rings (SSSR count). The van der Waals surface area contributed by atoms with E-state index in [-0.39, 0.29) is 0 Å². The minimum atomic E-state index is 0.797. The van der Waals surface area contributed by atoms with Crippen LogP contribution in [-0.4, -0.2) is 4.98 Å². The lowest BCUT2D eigenvalue weighted by atomic mass is 10.2. The number of rotatable bonds is 0. The van der Waals surface area contributed by atoms with Gasteiger partial charge in [0.25, 0.3) is 0 Å². The molecule has 0 atom stereocenters. The van der Waals surface area contributed by atoms with Gasteiger partial charge in [0.2, 0.25) is 0 Å². The van der Waals surface area contributed by atoms with Crippen LogP contribution in [0.1, 0.15) is 0 Å². The van der Waals surface area contributed by atoms with Crippen molar-refractivity contribution < 1.29 is 4.42 Å². The van der Waals surface area contributed by atoms with E-state index in [2.05, 4.69) is 36.8 Å². The molecule has 0 radical (unpaired) electrons. The Kier molecular flexibility index (Phi) is 2.07. The third kappa shape index (κ3) is 1.40. The Hall–Kier alpha value is -0.870. The van der Waals surface area contributed by atoms with E-state index in [1.165, 1.54) is 0 Å². The van der Waals surface area contributed by atoms with E-state index in [9.17, 15) is 0 Å². The van der Waals surface area contributed by atoms with Crippen LogP contribution in [-0.2, 0) is 0 Å². The second-order valence-electron chi connectivity index (χ2n) is 3.21. The van der Waals surface area contributed by atoms with Crippen molar-refractivity contribution in [3.8, 4) is 0 Å². The van der Waals surface area contributed by atoms with Gasteiger partial charge in [-0.2, -0.15) is 0 Å². The van der Waals surface area contributed by atoms with Crippen molar-refractivity contribution in [3.05, 3.63) is 39.4 Å². The first-order valence-corrected chi connectivity index (χ1v) is 5.96. The number of pyridine rings is 1. The van der Waals surface area contributed by atoms with Crippen LogP contribution < -0.4 is 0 Å². The van der Waals surface area contributed by atoms with E-state index in [1.54, 1.807) is 6.20 Å². The normalized spacial score (nSPS) is 11.3. The number of aromatic nitrogens is 1. The van der Waals surface area contributed by atoms with E-state index in [0.29, 0.717) is 0 Å². The maximum Gasteiger partial charge on any atom is 0.168 e. The van der Waals surface area contributed by atoms with Crippen LogP contribution in [0.3, 0.4) is 0 Å². The topological polar surface area (TPSA) is 26.0 Å². The first-order valence-electron chi connectivity index (χ1n) is 4.38. The SMILES string of the molecule is Brc1ccc2oc3c(Br)ccnc3c2c1. The van der Waals surface area contributed by atoms with E-state index in [0.717, 1.165) is 31.0 Å². The van der Waals surface area contributed by atoms with Crippen LogP contribution in [0.2, 0.25) is 0 Å². The van der Waals surface area contributed by atoms with Crippen molar-refractivity contribution in [2.75, 3.05) is 0 Å². The van der Waals surface area contributed by atoms with Gasteiger partial charge >= 0.3 is 0 Å². The van der Waals surface area contributed by atoms with Crippen LogP contribution in [0.15, 0.2) is 43.8 Å². The fourth-order valence-electron chi connectivity index (χ4n) is 1.60. The molecule has 0 aliphatic rings. The Morgan fingerprint density at radius 3 is 2.87 bits per heavy atom. The lowest BCUT2D eigenvalue weighted by Gasteiger charge is -1.90. The van der Waals surface area contributed by atoms with Gasteiger partial charge in [0, 0.05) is 16.1 Å². The molecule has 0 spiro atoms. The summed E-state index contributed by atoms with van der Waals surface area (Å²) in [5.41, 5.74) is 2.54. The van der Waals surface area contributed by atoms with Crippen molar-refractivity contribution in [1.29, 1.82) is 0 Å². The van der Waals surface area contributed by atoms with E-state index < -0.39 is 0 Å². The number of benzene rings is 1. The van der Waals surface area contributed by atoms with Crippen LogP contribution in [0, 0.1) is 0 Å². The van der Waals surface area contributed by atoms with Crippen LogP contribution in [0.4, 0.5) is 0 Å². The molecule has 0 aliphatic heterocycles. The van der Waals surface area contributed by atoms with Gasteiger partial charge in [0.1, 0.15) is 11.1 Å². The molecule has 3 aromatic rings. The summed E-state index contributed by atoms with van der Waals surface area (Å²) in [7, 11) is 0. The van der Waals surface area contributed by atoms with E-state index in [1.807, 2.05) is 24.3 Å². The molecule has 0 unspecified atom stereocenters. The Labute approximate surface area is 103 Å². The van der Waals surface area contributed by atoms with Crippen molar-refractivity contribution in [2.24, 2.45) is 0 Å². The Morgan fingerprint density at radius 2 is 2.00 bits per heavy atom. The highest BCUT2D eigenvalue weighted by atomic mass is 79.9. The van der Waals surface area contributed by atoms with E-state index in [4.69, 9.17) is 4.42 Å². The summed E-state index contributed by atoms with van der Waals surface area (Å²) in [5, 5.41) is 1.03. The minimum Gasteiger partial charge on any atom is -0.453 e. The molecule has 2 nitrogen and oxygen atoms in total. The van der Waals surface area contributed by atoms with Crippen molar-refractivity contribution in [2.45, 2.75) is 0 Å². The highest BCUT2D eigenvalue weighted by molar-refractivity contribution is 9.11. The Bertz CT molecular complexity index is 660. The summed E-state index contributed by atoms with van der Waals surface area (Å²) < 4.78 is 7.67. The van der Waals surface area contributed by atoms with Gasteiger partial charge in [-0.1, -0.05) is 15.9 Å². The lowest BCUT2D eigenvalue weighted by Crippen LogP contribution is -1.73. The molecule has 1 aromatic carbocycles. The second-order valence-corrected chi connectivity index (χ2v) is 4.98. The highest BCUT2D eigenvalue weighted by Gasteiger charge is 2.10. The molecule has 15 heavy (non-hydrogen) atoms. The maximum absolute atomic E-state index is 5.71. The number of fused-ring (bicyclic) bond motifs is 3. The monoisotopic (exact) mass is 325 g/mol. The number of furan rings is 1. The fraction of sp³-hybridized carbons (Fsp3) is 0. The summed E-state index contributed by atoms with van der Waals surface area (Å²) >= 11 is 6.89. The van der Waals surface area contributed by atoms with Gasteiger partial charge in [-0.15, -0.1) is 0 Å². The van der Waals surface area contributed by atoms with Gasteiger partial charge in [-0.05, 0) is 40.2 Å². The predicted molar refractivity (Wildman–Crippen MR) is 66.9 cm³/mol. The summed E-state index contributed by atoms with van der Waals surface area (Å²) in [6.07, 6.45) is 1.77. The Morgan fingerprint density at radius 1 is 1.13 bits per heavy atom. The summed E-state index contributed by atoms with van der Waals surface area (Å²) in [4.78, 5) is 4.33. The molecule has 0 aliphatic carbocycles. The number of hydrogen-bond acceptors (Lipinski definition) is 2. The fourth-order valence-corrected chi connectivity index (χ4v) is 2.35. The third-order valence-electron chi connectivity index (χ3n) is 2.27. The molecular weight excluding hydrogens is 322 g/mol. The summed E-state index contributed by atoms with van der Waals surface area (Å²) in [5.74, 6) is 0. The third-order valence-corrected chi connectivity index (χ3v) is 3.38. The smallest absolute Gasteiger partial charge is 0.168 e. The number of halogens is 2. The summed E-state index contributed by atoms with van der Waals surface area (Å²) in [6.45, 7) is 0. The van der Waals surface area contributed by atoms with Crippen molar-refractivity contribution in [3.63, 3.8) is 0 Å². The summed E-state index contributed by atoms with van der Waals surface area (Å²) in [6, 6.07) is 7.78. The molecule has 0 saturated heterocycles. The van der Waals surface area contributed by atoms with Gasteiger partial charge in [0.15, 0.2) is 5.58 Å². The number of hydrogen-bond donors (Lipinski definition) is 0. The standard InChI is InChI=1S/C11H5Br2NO/c12-6-1-2-9-7(5-6)10-11(15-9)8(13)3-4-14-10/h1-5H. The van der Waals surface area contributed by atoms with Crippen molar-refractivity contribution in [1.82, 2.24) is 4.98 Å². The van der Waals surface area contributed by atoms with Crippen LogP contribution in [0.5, 0.6) is 0 Å². The molecule has 0 fully saturated rings. The molecule has 74 valence electrons. The molecule has 4 heteroatoms. The average molecular weight is 327 g/mol. The molecule has 2 aromatic heterocycles. The van der Waals surface area contributed by atoms with Crippen molar-refractivity contribution >= 4 is 53.9 Å². The maximum atomic E-state index is 5.71. The zero-order chi connectivity index (χ0) is 10.4. The predicted octanol–water partition coefficient (Wildman–Crippen LogP) is 4.51. The largest absolute Gasteiger partial charge is 0.453 e. The molecule has 0 saturated carbocycles. The zero-order valence-corrected chi connectivity index (χ0v) is 10.7. The van der Waals surface area contributed by atoms with Gasteiger partial charge in [-0.25, -0.2) is 0 Å². The minimum absolute atomic E-state index is 0.797. The molecule has 2 heterocycles. The quantitative estimate of drug-likeness (QED) is 0.607. The Balaban J connectivity index is 2.58. The molecular formula is C11H5Br2NO. The van der Waals surface area contributed by atoms with Crippen LogP contribution >= 0.6 is 31.9 Å². The second kappa shape index (κ2) is 3.32. The van der Waals surface area contributed by atoms with Gasteiger partial charge < -0.3 is 4.42 Å². The average Bonchev–Trinajstić information content (AvgIpc) is 2.58. The zero-order valence-electron chi connectivity index (χ0n) is 7.50. The molecule has 0 bridgehead atoms. The van der Waals surface area contributed by atoms with E-state index >= 15 is 0 Å². The first kappa shape index (κ1) is 9.36. The molecule has 0 amide bonds. The first-order chi connectivity index (χ1) is 7.25. The van der Waals surface area contributed by atoms with Gasteiger partial charge in [0.05, 0.1) is 4.47 Å². The van der Waals surface area contributed by atoms with Gasteiger partial charge in [-0.3, -0.25) is 4.98 Å². The lowest BCUT2D eigenvalue weighted by molar-refractivity contribution is 0.666. The van der Waals surface area contributed by atoms with Crippen LogP contribution in [0.25, 0.3) is 22.1 Å². The number of nitrogens with zero attached hydrogens (tertiary/aromatic N) is 1. The highest BCUT2D eigenvalue weighted by Crippen LogP contribution is 2.32. The molecule has 0 N–H and O–H groups in total.